The number of aryl methyl sites for hydroxylation is 1. The van der Waals surface area contributed by atoms with E-state index in [9.17, 15) is 0 Å². The Bertz CT molecular complexity index is 305. The van der Waals surface area contributed by atoms with E-state index in [-0.39, 0.29) is 0 Å². The van der Waals surface area contributed by atoms with Crippen LogP contribution >= 0.6 is 11.3 Å². The van der Waals surface area contributed by atoms with Crippen LogP contribution in [-0.2, 0) is 0 Å². The van der Waals surface area contributed by atoms with Crippen molar-refractivity contribution in [1.82, 2.24) is 4.98 Å². The Morgan fingerprint density at radius 3 is 2.47 bits per heavy atom. The standard InChI is InChI=1S/C12H20N2S/c1-3-9-4-6-10(7-5-9)12-14-11(13)8(2)15-12/h9-10H,3-7,13H2,1-2H3. The summed E-state index contributed by atoms with van der Waals surface area (Å²) in [6.45, 7) is 4.37. The van der Waals surface area contributed by atoms with E-state index in [2.05, 4.69) is 18.8 Å². The van der Waals surface area contributed by atoms with Crippen LogP contribution in [0.4, 0.5) is 5.82 Å². The van der Waals surface area contributed by atoms with Crippen LogP contribution in [0.3, 0.4) is 0 Å². The van der Waals surface area contributed by atoms with Crippen molar-refractivity contribution in [2.75, 3.05) is 5.73 Å². The maximum absolute atomic E-state index is 5.80. The largest absolute Gasteiger partial charge is 0.383 e. The molecule has 3 heteroatoms. The van der Waals surface area contributed by atoms with E-state index in [1.54, 1.807) is 11.3 Å². The summed E-state index contributed by atoms with van der Waals surface area (Å²) in [6, 6.07) is 0. The highest BCUT2D eigenvalue weighted by atomic mass is 32.1. The van der Waals surface area contributed by atoms with E-state index in [0.29, 0.717) is 5.92 Å². The predicted octanol–water partition coefficient (Wildman–Crippen LogP) is 3.72. The van der Waals surface area contributed by atoms with Gasteiger partial charge >= 0.3 is 0 Å². The van der Waals surface area contributed by atoms with Gasteiger partial charge in [0, 0.05) is 10.8 Å². The van der Waals surface area contributed by atoms with E-state index in [4.69, 9.17) is 5.73 Å². The Hall–Kier alpha value is -0.570. The lowest BCUT2D eigenvalue weighted by Crippen LogP contribution is -2.12. The van der Waals surface area contributed by atoms with Crippen LogP contribution in [-0.4, -0.2) is 4.98 Å². The number of nitrogen functional groups attached to an aromatic ring is 1. The van der Waals surface area contributed by atoms with Crippen LogP contribution < -0.4 is 5.73 Å². The zero-order valence-corrected chi connectivity index (χ0v) is 10.4. The molecule has 1 aromatic rings. The molecule has 1 saturated carbocycles. The molecule has 0 unspecified atom stereocenters. The quantitative estimate of drug-likeness (QED) is 0.831. The van der Waals surface area contributed by atoms with Crippen molar-refractivity contribution in [3.8, 4) is 0 Å². The second kappa shape index (κ2) is 4.52. The first kappa shape index (κ1) is 10.9. The molecule has 0 bridgehead atoms. The molecule has 1 aliphatic rings. The maximum atomic E-state index is 5.80. The summed E-state index contributed by atoms with van der Waals surface area (Å²) in [5.74, 6) is 2.39. The summed E-state index contributed by atoms with van der Waals surface area (Å²) in [5.41, 5.74) is 5.80. The Morgan fingerprint density at radius 1 is 1.33 bits per heavy atom. The second-order valence-electron chi connectivity index (χ2n) is 4.62. The Kier molecular flexibility index (Phi) is 3.29. The first-order valence-electron chi connectivity index (χ1n) is 5.93. The van der Waals surface area contributed by atoms with Gasteiger partial charge in [0.2, 0.25) is 0 Å². The maximum Gasteiger partial charge on any atom is 0.137 e. The first-order chi connectivity index (χ1) is 7.20. The van der Waals surface area contributed by atoms with Crippen molar-refractivity contribution in [3.05, 3.63) is 9.88 Å². The van der Waals surface area contributed by atoms with Gasteiger partial charge in [-0.2, -0.15) is 0 Å². The van der Waals surface area contributed by atoms with Gasteiger partial charge in [0.05, 0.1) is 5.01 Å². The molecule has 0 aromatic carbocycles. The van der Waals surface area contributed by atoms with Crippen molar-refractivity contribution in [2.45, 2.75) is 51.9 Å². The van der Waals surface area contributed by atoms with E-state index in [1.165, 1.54) is 42.0 Å². The summed E-state index contributed by atoms with van der Waals surface area (Å²) in [5, 5.41) is 1.28. The van der Waals surface area contributed by atoms with Crippen LogP contribution in [0.1, 0.15) is 54.8 Å². The van der Waals surface area contributed by atoms with Gasteiger partial charge in [0.25, 0.3) is 0 Å². The Labute approximate surface area is 95.9 Å². The monoisotopic (exact) mass is 224 g/mol. The van der Waals surface area contributed by atoms with E-state index < -0.39 is 0 Å². The summed E-state index contributed by atoms with van der Waals surface area (Å²) >= 11 is 1.79. The minimum Gasteiger partial charge on any atom is -0.383 e. The Morgan fingerprint density at radius 2 is 2.00 bits per heavy atom. The molecule has 0 amide bonds. The zero-order chi connectivity index (χ0) is 10.8. The molecule has 1 aromatic heterocycles. The lowest BCUT2D eigenvalue weighted by Gasteiger charge is -2.26. The third kappa shape index (κ3) is 2.33. The molecule has 2 rings (SSSR count). The predicted molar refractivity (Wildman–Crippen MR) is 66.3 cm³/mol. The van der Waals surface area contributed by atoms with Crippen LogP contribution in [0.2, 0.25) is 0 Å². The van der Waals surface area contributed by atoms with Crippen molar-refractivity contribution >= 4 is 17.2 Å². The number of hydrogen-bond acceptors (Lipinski definition) is 3. The third-order valence-electron chi connectivity index (χ3n) is 3.62. The molecule has 1 fully saturated rings. The number of aromatic nitrogens is 1. The molecule has 0 saturated heterocycles. The highest BCUT2D eigenvalue weighted by molar-refractivity contribution is 7.12. The average molecular weight is 224 g/mol. The van der Waals surface area contributed by atoms with Crippen molar-refractivity contribution < 1.29 is 0 Å². The topological polar surface area (TPSA) is 38.9 Å². The zero-order valence-electron chi connectivity index (χ0n) is 9.62. The Balaban J connectivity index is 2.01. The number of rotatable bonds is 2. The molecule has 0 aliphatic heterocycles. The lowest BCUT2D eigenvalue weighted by atomic mass is 9.81. The van der Waals surface area contributed by atoms with E-state index in [0.717, 1.165) is 11.7 Å². The summed E-state index contributed by atoms with van der Waals surface area (Å²) < 4.78 is 0. The molecule has 1 heterocycles. The number of anilines is 1. The van der Waals surface area contributed by atoms with Crippen LogP contribution in [0, 0.1) is 12.8 Å². The molecule has 1 aliphatic carbocycles. The molecular weight excluding hydrogens is 204 g/mol. The highest BCUT2D eigenvalue weighted by Gasteiger charge is 2.23. The van der Waals surface area contributed by atoms with Gasteiger partial charge in [-0.3, -0.25) is 0 Å². The van der Waals surface area contributed by atoms with Gasteiger partial charge in [-0.25, -0.2) is 4.98 Å². The first-order valence-corrected chi connectivity index (χ1v) is 6.75. The van der Waals surface area contributed by atoms with Crippen molar-refractivity contribution in [1.29, 1.82) is 0 Å². The fraction of sp³-hybridized carbons (Fsp3) is 0.750. The molecule has 2 nitrogen and oxygen atoms in total. The van der Waals surface area contributed by atoms with Crippen molar-refractivity contribution in [2.24, 2.45) is 5.92 Å². The van der Waals surface area contributed by atoms with Crippen molar-refractivity contribution in [3.63, 3.8) is 0 Å². The molecule has 2 N–H and O–H groups in total. The molecule has 84 valence electrons. The van der Waals surface area contributed by atoms with Crippen LogP contribution in [0.25, 0.3) is 0 Å². The number of thiazole rings is 1. The summed E-state index contributed by atoms with van der Waals surface area (Å²) in [7, 11) is 0. The number of nitrogens with two attached hydrogens (primary N) is 1. The molecule has 0 atom stereocenters. The summed E-state index contributed by atoms with van der Waals surface area (Å²) in [6.07, 6.45) is 6.71. The van der Waals surface area contributed by atoms with Crippen LogP contribution in [0.5, 0.6) is 0 Å². The van der Waals surface area contributed by atoms with E-state index >= 15 is 0 Å². The fourth-order valence-corrected chi connectivity index (χ4v) is 3.43. The molecular formula is C12H20N2S. The summed E-state index contributed by atoms with van der Waals surface area (Å²) in [4.78, 5) is 5.66. The third-order valence-corrected chi connectivity index (χ3v) is 4.77. The molecule has 0 spiro atoms. The van der Waals surface area contributed by atoms with Gasteiger partial charge < -0.3 is 5.73 Å². The van der Waals surface area contributed by atoms with Gasteiger partial charge in [-0.1, -0.05) is 13.3 Å². The minimum atomic E-state index is 0.689. The minimum absolute atomic E-state index is 0.689. The van der Waals surface area contributed by atoms with Crippen LogP contribution in [0.15, 0.2) is 0 Å². The normalized spacial score (nSPS) is 26.8. The number of hydrogen-bond donors (Lipinski definition) is 1. The van der Waals surface area contributed by atoms with E-state index in [1.807, 2.05) is 0 Å². The van der Waals surface area contributed by atoms with Gasteiger partial charge in [0.15, 0.2) is 0 Å². The van der Waals surface area contributed by atoms with Gasteiger partial charge in [0.1, 0.15) is 5.82 Å². The number of nitrogens with zero attached hydrogens (tertiary/aromatic N) is 1. The fourth-order valence-electron chi connectivity index (χ4n) is 2.42. The highest BCUT2D eigenvalue weighted by Crippen LogP contribution is 2.39. The molecule has 0 radical (unpaired) electrons. The van der Waals surface area contributed by atoms with Gasteiger partial charge in [-0.05, 0) is 38.5 Å². The SMILES string of the molecule is CCC1CCC(c2nc(N)c(C)s2)CC1. The average Bonchev–Trinajstić information content (AvgIpc) is 2.59. The second-order valence-corrected chi connectivity index (χ2v) is 5.85. The molecule has 15 heavy (non-hydrogen) atoms. The lowest BCUT2D eigenvalue weighted by molar-refractivity contribution is 0.318. The van der Waals surface area contributed by atoms with Gasteiger partial charge in [-0.15, -0.1) is 11.3 Å². The smallest absolute Gasteiger partial charge is 0.137 e.